The first-order chi connectivity index (χ1) is 14.2. The Balaban J connectivity index is 0.00000320. The van der Waals surface area contributed by atoms with Crippen molar-refractivity contribution in [2.75, 3.05) is 51.1 Å². The summed E-state index contributed by atoms with van der Waals surface area (Å²) in [5.41, 5.74) is 6.92. The van der Waals surface area contributed by atoms with Gasteiger partial charge in [-0.2, -0.15) is 0 Å². The minimum Gasteiger partial charge on any atom is -0.457 e. The molecule has 1 aliphatic heterocycles. The van der Waals surface area contributed by atoms with Crippen molar-refractivity contribution in [1.82, 2.24) is 9.80 Å². The molecule has 2 aromatic rings. The Hall–Kier alpha value is -1.84. The third-order valence-corrected chi connectivity index (χ3v) is 5.16. The highest BCUT2D eigenvalue weighted by Gasteiger charge is 2.14. The number of unbranched alkanes of at least 4 members (excludes halogenated alkanes) is 1. The highest BCUT2D eigenvalue weighted by atomic mass is 127. The molecule has 3 rings (SSSR count). The summed E-state index contributed by atoms with van der Waals surface area (Å²) >= 11 is 0. The van der Waals surface area contributed by atoms with Crippen LogP contribution in [0.4, 0.5) is 5.69 Å². The summed E-state index contributed by atoms with van der Waals surface area (Å²) in [5.74, 6) is 2.01. The Morgan fingerprint density at radius 1 is 0.967 bits per heavy atom. The van der Waals surface area contributed by atoms with Crippen molar-refractivity contribution < 1.29 is 4.74 Å². The van der Waals surface area contributed by atoms with Crippen LogP contribution >= 0.6 is 24.0 Å². The van der Waals surface area contributed by atoms with Gasteiger partial charge in [0.15, 0.2) is 5.96 Å². The van der Waals surface area contributed by atoms with Crippen LogP contribution in [0.3, 0.4) is 0 Å². The summed E-state index contributed by atoms with van der Waals surface area (Å²) in [6, 6.07) is 17.5. The molecule has 0 saturated carbocycles. The van der Waals surface area contributed by atoms with Gasteiger partial charge in [-0.1, -0.05) is 31.2 Å². The van der Waals surface area contributed by atoms with Gasteiger partial charge < -0.3 is 25.6 Å². The average molecular weight is 523 g/mol. The number of halogens is 1. The predicted octanol–water partition coefficient (Wildman–Crippen LogP) is 4.24. The van der Waals surface area contributed by atoms with Crippen LogP contribution in [0, 0.1) is 0 Å². The number of nitrogens with two attached hydrogens (primary N) is 1. The molecule has 0 radical (unpaired) electrons. The van der Waals surface area contributed by atoms with E-state index in [1.54, 1.807) is 0 Å². The number of nitrogens with zero attached hydrogens (tertiary/aromatic N) is 3. The smallest absolute Gasteiger partial charge is 0.193 e. The zero-order valence-electron chi connectivity index (χ0n) is 17.8. The average Bonchev–Trinajstić information content (AvgIpc) is 2.75. The van der Waals surface area contributed by atoms with Gasteiger partial charge in [-0.3, -0.25) is 4.99 Å². The van der Waals surface area contributed by atoms with Gasteiger partial charge in [0, 0.05) is 44.5 Å². The Morgan fingerprint density at radius 3 is 2.40 bits per heavy atom. The van der Waals surface area contributed by atoms with Crippen LogP contribution in [0.5, 0.6) is 11.5 Å². The molecule has 1 aliphatic rings. The number of guanidine groups is 1. The van der Waals surface area contributed by atoms with Crippen molar-refractivity contribution in [3.8, 4) is 11.5 Å². The van der Waals surface area contributed by atoms with E-state index < -0.39 is 0 Å². The van der Waals surface area contributed by atoms with Crippen molar-refractivity contribution in [2.45, 2.75) is 19.8 Å². The fourth-order valence-electron chi connectivity index (χ4n) is 3.43. The highest BCUT2D eigenvalue weighted by Crippen LogP contribution is 2.23. The summed E-state index contributed by atoms with van der Waals surface area (Å²) in [7, 11) is 0. The maximum absolute atomic E-state index is 6.05. The number of piperazine rings is 1. The Morgan fingerprint density at radius 2 is 1.67 bits per heavy atom. The molecule has 1 fully saturated rings. The standard InChI is InChI=1S/C23H33N5O.HI/c1-2-27-15-17-28(18-16-27)14-7-6-13-25-23(24)26-20-9-8-12-22(19-20)29-21-10-4-3-5-11-21;/h3-5,8-12,19H,2,6-7,13-18H2,1H3,(H3,24,25,26);1H. The van der Waals surface area contributed by atoms with Crippen LogP contribution in [0.1, 0.15) is 19.8 Å². The molecule has 1 heterocycles. The lowest BCUT2D eigenvalue weighted by Crippen LogP contribution is -2.46. The predicted molar refractivity (Wildman–Crippen MR) is 136 cm³/mol. The monoisotopic (exact) mass is 523 g/mol. The quantitative estimate of drug-likeness (QED) is 0.223. The van der Waals surface area contributed by atoms with E-state index in [9.17, 15) is 0 Å². The first-order valence-corrected chi connectivity index (χ1v) is 10.6. The number of rotatable bonds is 9. The van der Waals surface area contributed by atoms with Crippen LogP contribution in [0.25, 0.3) is 0 Å². The maximum atomic E-state index is 6.05. The number of aliphatic imine (C=N–C) groups is 1. The molecule has 0 aliphatic carbocycles. The summed E-state index contributed by atoms with van der Waals surface area (Å²) in [4.78, 5) is 9.52. The number of anilines is 1. The van der Waals surface area contributed by atoms with Crippen LogP contribution < -0.4 is 15.8 Å². The van der Waals surface area contributed by atoms with E-state index in [0.717, 1.165) is 49.7 Å². The van der Waals surface area contributed by atoms with Crippen LogP contribution in [-0.2, 0) is 0 Å². The second kappa shape index (κ2) is 13.5. The van der Waals surface area contributed by atoms with Gasteiger partial charge in [-0.25, -0.2) is 0 Å². The van der Waals surface area contributed by atoms with Crippen molar-refractivity contribution in [3.05, 3.63) is 54.6 Å². The van der Waals surface area contributed by atoms with Crippen LogP contribution in [-0.4, -0.2) is 61.6 Å². The number of nitrogens with one attached hydrogen (secondary N) is 1. The minimum absolute atomic E-state index is 0. The Kier molecular flexibility index (Phi) is 11.0. The number of likely N-dealkylation sites (N-methyl/N-ethyl adjacent to an activating group) is 1. The molecule has 2 aromatic carbocycles. The third kappa shape index (κ3) is 8.49. The number of hydrogen-bond donors (Lipinski definition) is 2. The van der Waals surface area contributed by atoms with E-state index in [0.29, 0.717) is 5.96 Å². The van der Waals surface area contributed by atoms with E-state index in [1.165, 1.54) is 26.2 Å². The molecule has 30 heavy (non-hydrogen) atoms. The SMILES string of the molecule is CCN1CCN(CCCCN=C(N)Nc2cccc(Oc3ccccc3)c2)CC1.I. The molecule has 0 unspecified atom stereocenters. The van der Waals surface area contributed by atoms with Gasteiger partial charge in [0.25, 0.3) is 0 Å². The molecule has 1 saturated heterocycles. The van der Waals surface area contributed by atoms with Crippen LogP contribution in [0.15, 0.2) is 59.6 Å². The molecular weight excluding hydrogens is 489 g/mol. The molecule has 7 heteroatoms. The van der Waals surface area contributed by atoms with E-state index in [-0.39, 0.29) is 24.0 Å². The summed E-state index contributed by atoms with van der Waals surface area (Å²) < 4.78 is 5.86. The Bertz CT molecular complexity index is 763. The van der Waals surface area contributed by atoms with Crippen molar-refractivity contribution in [3.63, 3.8) is 0 Å². The largest absolute Gasteiger partial charge is 0.457 e. The van der Waals surface area contributed by atoms with Crippen molar-refractivity contribution in [2.24, 2.45) is 10.7 Å². The molecule has 0 spiro atoms. The number of hydrogen-bond acceptors (Lipinski definition) is 4. The van der Waals surface area contributed by atoms with E-state index in [2.05, 4.69) is 27.0 Å². The molecule has 0 amide bonds. The first-order valence-electron chi connectivity index (χ1n) is 10.6. The zero-order chi connectivity index (χ0) is 20.3. The number of ether oxygens (including phenoxy) is 1. The highest BCUT2D eigenvalue weighted by molar-refractivity contribution is 14.0. The van der Waals surface area contributed by atoms with Gasteiger partial charge in [0.1, 0.15) is 11.5 Å². The minimum atomic E-state index is 0. The van der Waals surface area contributed by atoms with Gasteiger partial charge in [0.05, 0.1) is 0 Å². The maximum Gasteiger partial charge on any atom is 0.193 e. The third-order valence-electron chi connectivity index (χ3n) is 5.16. The van der Waals surface area contributed by atoms with E-state index >= 15 is 0 Å². The second-order valence-electron chi connectivity index (χ2n) is 7.32. The van der Waals surface area contributed by atoms with Gasteiger partial charge >= 0.3 is 0 Å². The van der Waals surface area contributed by atoms with Crippen molar-refractivity contribution in [1.29, 1.82) is 0 Å². The molecule has 0 atom stereocenters. The van der Waals surface area contributed by atoms with Gasteiger partial charge in [-0.15, -0.1) is 24.0 Å². The molecular formula is C23H34IN5O. The van der Waals surface area contributed by atoms with Crippen LogP contribution in [0.2, 0.25) is 0 Å². The summed E-state index contributed by atoms with van der Waals surface area (Å²) in [5, 5.41) is 3.15. The molecule has 6 nitrogen and oxygen atoms in total. The van der Waals surface area contributed by atoms with Crippen molar-refractivity contribution >= 4 is 35.6 Å². The number of para-hydroxylation sites is 1. The van der Waals surface area contributed by atoms with E-state index in [4.69, 9.17) is 10.5 Å². The molecule has 3 N–H and O–H groups in total. The Labute approximate surface area is 197 Å². The fraction of sp³-hybridized carbons (Fsp3) is 0.435. The lowest BCUT2D eigenvalue weighted by Gasteiger charge is -2.33. The molecule has 0 bridgehead atoms. The van der Waals surface area contributed by atoms with Gasteiger partial charge in [0.2, 0.25) is 0 Å². The topological polar surface area (TPSA) is 66.1 Å². The van der Waals surface area contributed by atoms with E-state index in [1.807, 2.05) is 54.6 Å². The fourth-order valence-corrected chi connectivity index (χ4v) is 3.43. The zero-order valence-corrected chi connectivity index (χ0v) is 20.1. The second-order valence-corrected chi connectivity index (χ2v) is 7.32. The normalized spacial score (nSPS) is 15.4. The molecule has 0 aromatic heterocycles. The summed E-state index contributed by atoms with van der Waals surface area (Å²) in [6.45, 7) is 10.0. The summed E-state index contributed by atoms with van der Waals surface area (Å²) in [6.07, 6.45) is 2.21. The number of benzene rings is 2. The van der Waals surface area contributed by atoms with Gasteiger partial charge in [-0.05, 0) is 50.2 Å². The lowest BCUT2D eigenvalue weighted by atomic mass is 10.2. The lowest BCUT2D eigenvalue weighted by molar-refractivity contribution is 0.136. The first kappa shape index (κ1) is 24.4. The molecule has 164 valence electrons.